The number of rotatable bonds is 8. The smallest absolute Gasteiger partial charge is 0.214 e. The van der Waals surface area contributed by atoms with Crippen LogP contribution in [0.4, 0.5) is 11.5 Å². The Labute approximate surface area is 177 Å². The van der Waals surface area contributed by atoms with Crippen LogP contribution in [0.5, 0.6) is 5.88 Å². The maximum atomic E-state index is 8.69. The summed E-state index contributed by atoms with van der Waals surface area (Å²) in [5.41, 5.74) is 8.31. The zero-order valence-electron chi connectivity index (χ0n) is 17.4. The largest absolute Gasteiger partial charge is 0.475 e. The van der Waals surface area contributed by atoms with Crippen molar-refractivity contribution in [2.75, 3.05) is 42.6 Å². The Morgan fingerprint density at radius 3 is 2.69 bits per heavy atom. The first kappa shape index (κ1) is 21.4. The Hall–Kier alpha value is -2.32. The van der Waals surface area contributed by atoms with Gasteiger partial charge in [-0.2, -0.15) is 0 Å². The SMILES string of the molecule is CCCSN1CCN(c2cc(C(=N)c3cc(OC(C)C)ncc3N)ccn2)CC1. The topological polar surface area (TPSA) is 91.4 Å². The second kappa shape index (κ2) is 9.93. The van der Waals surface area contributed by atoms with Crippen LogP contribution in [-0.2, 0) is 0 Å². The normalized spacial score (nSPS) is 15.0. The van der Waals surface area contributed by atoms with Crippen LogP contribution in [0.1, 0.15) is 38.3 Å². The summed E-state index contributed by atoms with van der Waals surface area (Å²) in [7, 11) is 0. The molecule has 29 heavy (non-hydrogen) atoms. The predicted octanol–water partition coefficient (Wildman–Crippen LogP) is 3.44. The number of hydrogen-bond acceptors (Lipinski definition) is 8. The van der Waals surface area contributed by atoms with Crippen molar-refractivity contribution >= 4 is 29.2 Å². The number of nitrogens with two attached hydrogens (primary N) is 1. The molecule has 0 aromatic carbocycles. The number of hydrogen-bond donors (Lipinski definition) is 2. The summed E-state index contributed by atoms with van der Waals surface area (Å²) in [6.45, 7) is 10.00. The van der Waals surface area contributed by atoms with Gasteiger partial charge in [-0.05, 0) is 32.4 Å². The highest BCUT2D eigenvalue weighted by Crippen LogP contribution is 2.24. The van der Waals surface area contributed by atoms with Gasteiger partial charge < -0.3 is 15.4 Å². The Kier molecular flexibility index (Phi) is 7.33. The molecular formula is C21H30N6OS. The van der Waals surface area contributed by atoms with Gasteiger partial charge in [0.25, 0.3) is 0 Å². The number of ether oxygens (including phenoxy) is 1. The summed E-state index contributed by atoms with van der Waals surface area (Å²) in [6.07, 6.45) is 4.52. The molecule has 3 rings (SSSR count). The van der Waals surface area contributed by atoms with Gasteiger partial charge in [0.15, 0.2) is 0 Å². The summed E-state index contributed by atoms with van der Waals surface area (Å²) >= 11 is 1.93. The molecule has 3 N–H and O–H groups in total. The zero-order chi connectivity index (χ0) is 20.8. The van der Waals surface area contributed by atoms with Crippen LogP contribution in [0, 0.1) is 5.41 Å². The van der Waals surface area contributed by atoms with Crippen molar-refractivity contribution in [1.82, 2.24) is 14.3 Å². The fourth-order valence-corrected chi connectivity index (χ4v) is 4.00. The molecular weight excluding hydrogens is 384 g/mol. The lowest BCUT2D eigenvalue weighted by Crippen LogP contribution is -2.44. The lowest BCUT2D eigenvalue weighted by atomic mass is 10.0. The van der Waals surface area contributed by atoms with Crippen LogP contribution >= 0.6 is 11.9 Å². The highest BCUT2D eigenvalue weighted by atomic mass is 32.2. The molecule has 3 heterocycles. The zero-order valence-corrected chi connectivity index (χ0v) is 18.2. The van der Waals surface area contributed by atoms with Crippen LogP contribution in [0.3, 0.4) is 0 Å². The molecule has 8 heteroatoms. The lowest BCUT2D eigenvalue weighted by Gasteiger charge is -2.34. The quantitative estimate of drug-likeness (QED) is 0.505. The molecule has 1 aliphatic heterocycles. The molecule has 1 aliphatic rings. The van der Waals surface area contributed by atoms with Crippen molar-refractivity contribution in [3.05, 3.63) is 41.7 Å². The van der Waals surface area contributed by atoms with E-state index in [1.54, 1.807) is 18.5 Å². The van der Waals surface area contributed by atoms with Crippen molar-refractivity contribution in [3.8, 4) is 5.88 Å². The third kappa shape index (κ3) is 5.61. The maximum Gasteiger partial charge on any atom is 0.214 e. The lowest BCUT2D eigenvalue weighted by molar-refractivity contribution is 0.232. The van der Waals surface area contributed by atoms with Crippen molar-refractivity contribution in [2.45, 2.75) is 33.3 Å². The fourth-order valence-electron chi connectivity index (χ4n) is 3.14. The average Bonchev–Trinajstić information content (AvgIpc) is 2.73. The van der Waals surface area contributed by atoms with Gasteiger partial charge in [-0.15, -0.1) is 0 Å². The summed E-state index contributed by atoms with van der Waals surface area (Å²) in [5.74, 6) is 2.54. The molecule has 7 nitrogen and oxygen atoms in total. The van der Waals surface area contributed by atoms with Crippen LogP contribution in [0.25, 0.3) is 0 Å². The summed E-state index contributed by atoms with van der Waals surface area (Å²) < 4.78 is 8.09. The van der Waals surface area contributed by atoms with Gasteiger partial charge in [0.05, 0.1) is 23.7 Å². The van der Waals surface area contributed by atoms with Gasteiger partial charge in [-0.25, -0.2) is 14.3 Å². The Bertz CT molecular complexity index is 836. The van der Waals surface area contributed by atoms with Crippen LogP contribution in [0.15, 0.2) is 30.6 Å². The van der Waals surface area contributed by atoms with E-state index in [2.05, 4.69) is 26.1 Å². The molecule has 0 unspecified atom stereocenters. The van der Waals surface area contributed by atoms with Crippen molar-refractivity contribution in [3.63, 3.8) is 0 Å². The van der Waals surface area contributed by atoms with E-state index in [-0.39, 0.29) is 6.10 Å². The predicted molar refractivity (Wildman–Crippen MR) is 121 cm³/mol. The summed E-state index contributed by atoms with van der Waals surface area (Å²) in [5, 5.41) is 8.69. The molecule has 0 saturated carbocycles. The van der Waals surface area contributed by atoms with E-state index in [0.29, 0.717) is 22.8 Å². The number of anilines is 2. The first-order chi connectivity index (χ1) is 14.0. The average molecular weight is 415 g/mol. The third-order valence-corrected chi connectivity index (χ3v) is 5.93. The van der Waals surface area contributed by atoms with Crippen LogP contribution in [0.2, 0.25) is 0 Å². The van der Waals surface area contributed by atoms with Crippen molar-refractivity contribution in [2.24, 2.45) is 0 Å². The van der Waals surface area contributed by atoms with E-state index >= 15 is 0 Å². The first-order valence-electron chi connectivity index (χ1n) is 10.1. The number of nitrogens with zero attached hydrogens (tertiary/aromatic N) is 4. The van der Waals surface area contributed by atoms with Crippen molar-refractivity contribution < 1.29 is 4.74 Å². The molecule has 156 valence electrons. The monoisotopic (exact) mass is 414 g/mol. The first-order valence-corrected chi connectivity index (χ1v) is 11.0. The van der Waals surface area contributed by atoms with E-state index < -0.39 is 0 Å². The molecule has 0 atom stereocenters. The van der Waals surface area contributed by atoms with Gasteiger partial charge in [0.2, 0.25) is 5.88 Å². The van der Waals surface area contributed by atoms with Crippen LogP contribution < -0.4 is 15.4 Å². The van der Waals surface area contributed by atoms with E-state index in [0.717, 1.165) is 37.6 Å². The van der Waals surface area contributed by atoms with E-state index in [4.69, 9.17) is 15.9 Å². The standard InChI is InChI=1S/C21H30N6OS/c1-4-11-29-27-9-7-26(8-10-27)19-12-16(5-6-24-19)21(23)17-13-20(28-15(2)3)25-14-18(17)22/h5-6,12-15,23H,4,7-11,22H2,1-3H3. The van der Waals surface area contributed by atoms with E-state index in [1.165, 1.54) is 12.2 Å². The number of nitrogen functional groups attached to an aromatic ring is 1. The summed E-state index contributed by atoms with van der Waals surface area (Å²) in [6, 6.07) is 5.56. The highest BCUT2D eigenvalue weighted by Gasteiger charge is 2.19. The van der Waals surface area contributed by atoms with Gasteiger partial charge in [0, 0.05) is 55.3 Å². The van der Waals surface area contributed by atoms with Gasteiger partial charge in [0.1, 0.15) is 5.82 Å². The van der Waals surface area contributed by atoms with Gasteiger partial charge in [-0.1, -0.05) is 18.9 Å². The number of pyridine rings is 2. The molecule has 0 amide bonds. The molecule has 2 aromatic heterocycles. The maximum absolute atomic E-state index is 8.69. The minimum absolute atomic E-state index is 0.00911. The molecule has 1 saturated heterocycles. The molecule has 0 aliphatic carbocycles. The number of piperazine rings is 1. The minimum Gasteiger partial charge on any atom is -0.475 e. The molecule has 0 spiro atoms. The van der Waals surface area contributed by atoms with E-state index in [9.17, 15) is 0 Å². The van der Waals surface area contributed by atoms with Gasteiger partial charge in [-0.3, -0.25) is 5.41 Å². The Balaban J connectivity index is 1.74. The number of aromatic nitrogens is 2. The number of nitrogens with one attached hydrogen (secondary N) is 1. The van der Waals surface area contributed by atoms with Crippen molar-refractivity contribution in [1.29, 1.82) is 5.41 Å². The molecule has 1 fully saturated rings. The highest BCUT2D eigenvalue weighted by molar-refractivity contribution is 7.97. The summed E-state index contributed by atoms with van der Waals surface area (Å²) in [4.78, 5) is 11.0. The van der Waals surface area contributed by atoms with Gasteiger partial charge >= 0.3 is 0 Å². The fraction of sp³-hybridized carbons (Fsp3) is 0.476. The molecule has 0 radical (unpaired) electrons. The Morgan fingerprint density at radius 2 is 2.00 bits per heavy atom. The second-order valence-corrected chi connectivity index (χ2v) is 8.49. The Morgan fingerprint density at radius 1 is 1.24 bits per heavy atom. The minimum atomic E-state index is 0.00911. The van der Waals surface area contributed by atoms with E-state index in [1.807, 2.05) is 37.9 Å². The molecule has 2 aromatic rings. The van der Waals surface area contributed by atoms with Crippen LogP contribution in [-0.4, -0.2) is 58.0 Å². The molecule has 0 bridgehead atoms. The third-order valence-electron chi connectivity index (χ3n) is 4.61. The second-order valence-electron chi connectivity index (χ2n) is 7.30.